The van der Waals surface area contributed by atoms with E-state index in [1.165, 1.54) is 0 Å². The minimum atomic E-state index is 0.469. The predicted octanol–water partition coefficient (Wildman–Crippen LogP) is 1.28. The third-order valence-electron chi connectivity index (χ3n) is 0.992. The maximum atomic E-state index is 5.04. The van der Waals surface area contributed by atoms with Crippen molar-refractivity contribution < 1.29 is 0 Å². The van der Waals surface area contributed by atoms with E-state index >= 15 is 0 Å². The Labute approximate surface area is 73.4 Å². The summed E-state index contributed by atoms with van der Waals surface area (Å²) in [5.41, 5.74) is 0. The first-order valence-corrected chi connectivity index (χ1v) is 3.77. The van der Waals surface area contributed by atoms with Crippen molar-refractivity contribution in [3.8, 4) is 12.3 Å². The summed E-state index contributed by atoms with van der Waals surface area (Å²) in [6.07, 6.45) is 8.26. The normalized spacial score (nSPS) is 8.73. The minimum Gasteiger partial charge on any atom is -0.358 e. The minimum absolute atomic E-state index is 0.469. The van der Waals surface area contributed by atoms with Gasteiger partial charge < -0.3 is 5.32 Å². The van der Waals surface area contributed by atoms with Gasteiger partial charge in [-0.2, -0.15) is 0 Å². The van der Waals surface area contributed by atoms with Gasteiger partial charge in [-0.25, -0.2) is 9.97 Å². The van der Waals surface area contributed by atoms with Gasteiger partial charge in [-0.15, -0.1) is 6.42 Å². The Hall–Kier alpha value is -1.08. The van der Waals surface area contributed by atoms with E-state index in [1.807, 2.05) is 0 Å². The Kier molecular flexibility index (Phi) is 2.87. The van der Waals surface area contributed by atoms with Crippen LogP contribution in [0.1, 0.15) is 0 Å². The maximum absolute atomic E-state index is 5.04. The van der Waals surface area contributed by atoms with Gasteiger partial charge in [0.25, 0.3) is 0 Å². The van der Waals surface area contributed by atoms with Crippen LogP contribution in [0.15, 0.2) is 17.0 Å². The summed E-state index contributed by atoms with van der Waals surface area (Å²) in [4.78, 5) is 7.95. The van der Waals surface area contributed by atoms with Crippen molar-refractivity contribution in [3.05, 3.63) is 17.0 Å². The van der Waals surface area contributed by atoms with E-state index in [0.717, 1.165) is 0 Å². The predicted molar refractivity (Wildman–Crippen MR) is 47.1 cm³/mol. The molecule has 0 saturated heterocycles. The molecule has 0 bridgehead atoms. The molecule has 0 saturated carbocycles. The molecule has 0 atom stereocenters. The third kappa shape index (κ3) is 2.56. The van der Waals surface area contributed by atoms with Crippen molar-refractivity contribution in [2.45, 2.75) is 0 Å². The summed E-state index contributed by atoms with van der Waals surface area (Å²) in [5.74, 6) is 3.13. The zero-order chi connectivity index (χ0) is 8.10. The highest BCUT2D eigenvalue weighted by molar-refractivity contribution is 9.10. The zero-order valence-electron chi connectivity index (χ0n) is 5.71. The monoisotopic (exact) mass is 211 g/mol. The molecule has 1 rings (SSSR count). The van der Waals surface area contributed by atoms with Crippen LogP contribution in [0.2, 0.25) is 0 Å². The highest BCUT2D eigenvalue weighted by atomic mass is 79.9. The van der Waals surface area contributed by atoms with E-state index in [0.29, 0.717) is 17.0 Å². The fraction of sp³-hybridized carbons (Fsp3) is 0.143. The number of hydrogen-bond acceptors (Lipinski definition) is 3. The van der Waals surface area contributed by atoms with Gasteiger partial charge in [-0.3, -0.25) is 0 Å². The molecule has 56 valence electrons. The Morgan fingerprint density at radius 1 is 1.55 bits per heavy atom. The third-order valence-corrected chi connectivity index (χ3v) is 1.40. The van der Waals surface area contributed by atoms with Gasteiger partial charge in [0.05, 0.1) is 18.9 Å². The molecule has 0 amide bonds. The van der Waals surface area contributed by atoms with E-state index in [4.69, 9.17) is 6.42 Å². The number of nitrogens with one attached hydrogen (secondary N) is 1. The second kappa shape index (κ2) is 3.94. The van der Waals surface area contributed by atoms with Crippen LogP contribution in [0.3, 0.4) is 0 Å². The van der Waals surface area contributed by atoms with Crippen molar-refractivity contribution in [3.63, 3.8) is 0 Å². The van der Waals surface area contributed by atoms with Crippen molar-refractivity contribution >= 4 is 21.7 Å². The fourth-order valence-corrected chi connectivity index (χ4v) is 0.750. The molecular weight excluding hydrogens is 206 g/mol. The Morgan fingerprint density at radius 2 is 2.36 bits per heavy atom. The topological polar surface area (TPSA) is 37.8 Å². The van der Waals surface area contributed by atoms with Gasteiger partial charge in [0.1, 0.15) is 10.4 Å². The Balaban J connectivity index is 2.60. The Bertz CT molecular complexity index is 262. The molecule has 0 radical (unpaired) electrons. The van der Waals surface area contributed by atoms with Crippen molar-refractivity contribution in [2.24, 2.45) is 0 Å². The average molecular weight is 212 g/mol. The molecule has 11 heavy (non-hydrogen) atoms. The Morgan fingerprint density at radius 3 is 2.91 bits per heavy atom. The number of halogens is 1. The summed E-state index contributed by atoms with van der Waals surface area (Å²) in [7, 11) is 0. The molecule has 0 unspecified atom stereocenters. The van der Waals surface area contributed by atoms with Crippen LogP contribution >= 0.6 is 15.9 Å². The molecule has 1 aromatic heterocycles. The molecule has 0 aliphatic carbocycles. The molecule has 0 aromatic carbocycles. The van der Waals surface area contributed by atoms with Gasteiger partial charge >= 0.3 is 0 Å². The molecule has 4 heteroatoms. The van der Waals surface area contributed by atoms with Crippen LogP contribution in [-0.4, -0.2) is 16.5 Å². The first kappa shape index (κ1) is 8.02. The second-order valence-corrected chi connectivity index (χ2v) is 2.59. The smallest absolute Gasteiger partial charge is 0.145 e. The van der Waals surface area contributed by atoms with Crippen LogP contribution in [0.25, 0.3) is 0 Å². The largest absolute Gasteiger partial charge is 0.358 e. The number of anilines is 1. The lowest BCUT2D eigenvalue weighted by Gasteiger charge is -1.98. The van der Waals surface area contributed by atoms with Gasteiger partial charge in [0, 0.05) is 0 Å². The summed E-state index contributed by atoms with van der Waals surface area (Å²) in [5, 5.41) is 2.89. The van der Waals surface area contributed by atoms with Gasteiger partial charge in [-0.1, -0.05) is 5.92 Å². The van der Waals surface area contributed by atoms with Gasteiger partial charge in [0.15, 0.2) is 0 Å². The van der Waals surface area contributed by atoms with E-state index in [2.05, 4.69) is 37.1 Å². The van der Waals surface area contributed by atoms with Crippen LogP contribution in [-0.2, 0) is 0 Å². The molecule has 0 aliphatic rings. The van der Waals surface area contributed by atoms with Gasteiger partial charge in [0.2, 0.25) is 0 Å². The van der Waals surface area contributed by atoms with Crippen molar-refractivity contribution in [1.29, 1.82) is 0 Å². The lowest BCUT2D eigenvalue weighted by molar-refractivity contribution is 1.14. The quantitative estimate of drug-likeness (QED) is 0.750. The molecule has 0 fully saturated rings. The first-order valence-electron chi connectivity index (χ1n) is 2.98. The average Bonchev–Trinajstić information content (AvgIpc) is 2.04. The highest BCUT2D eigenvalue weighted by Gasteiger charge is 1.90. The van der Waals surface area contributed by atoms with E-state index in [-0.39, 0.29) is 0 Å². The lowest BCUT2D eigenvalue weighted by Crippen LogP contribution is -2.00. The van der Waals surface area contributed by atoms with E-state index in [1.54, 1.807) is 12.4 Å². The molecule has 3 nitrogen and oxygen atoms in total. The molecule has 1 heterocycles. The SMILES string of the molecule is C#CCNc1cnc(Br)cn1. The zero-order valence-corrected chi connectivity index (χ0v) is 7.30. The molecule has 1 aromatic rings. The molecule has 0 spiro atoms. The number of aromatic nitrogens is 2. The number of nitrogens with zero attached hydrogens (tertiary/aromatic N) is 2. The second-order valence-electron chi connectivity index (χ2n) is 1.78. The van der Waals surface area contributed by atoms with Crippen LogP contribution in [0.4, 0.5) is 5.82 Å². The number of terminal acetylenes is 1. The lowest BCUT2D eigenvalue weighted by atomic mass is 10.6. The van der Waals surface area contributed by atoms with Crippen molar-refractivity contribution in [2.75, 3.05) is 11.9 Å². The van der Waals surface area contributed by atoms with Gasteiger partial charge in [-0.05, 0) is 15.9 Å². The van der Waals surface area contributed by atoms with E-state index < -0.39 is 0 Å². The molecule has 0 aliphatic heterocycles. The number of rotatable bonds is 2. The van der Waals surface area contributed by atoms with E-state index in [9.17, 15) is 0 Å². The first-order chi connectivity index (χ1) is 5.33. The van der Waals surface area contributed by atoms with Crippen LogP contribution in [0, 0.1) is 12.3 Å². The summed E-state index contributed by atoms with van der Waals surface area (Å²) in [6, 6.07) is 0. The van der Waals surface area contributed by atoms with Crippen molar-refractivity contribution in [1.82, 2.24) is 9.97 Å². The summed E-state index contributed by atoms with van der Waals surface area (Å²) >= 11 is 3.17. The van der Waals surface area contributed by atoms with Crippen LogP contribution < -0.4 is 5.32 Å². The fourth-order valence-electron chi connectivity index (χ4n) is 0.545. The summed E-state index contributed by atoms with van der Waals surface area (Å²) in [6.45, 7) is 0.469. The number of hydrogen-bond donors (Lipinski definition) is 1. The highest BCUT2D eigenvalue weighted by Crippen LogP contribution is 2.05. The molecule has 1 N–H and O–H groups in total. The standard InChI is InChI=1S/C7H6BrN3/c1-2-3-9-7-5-10-6(8)4-11-7/h1,4-5H,3H2,(H,9,11). The maximum Gasteiger partial charge on any atom is 0.145 e. The van der Waals surface area contributed by atoms with Crippen LogP contribution in [0.5, 0.6) is 0 Å². The molecular formula is C7H6BrN3. The summed E-state index contributed by atoms with van der Waals surface area (Å²) < 4.78 is 0.712.